The van der Waals surface area contributed by atoms with Crippen LogP contribution in [0.2, 0.25) is 0 Å². The van der Waals surface area contributed by atoms with Gasteiger partial charge in [0, 0.05) is 0 Å². The summed E-state index contributed by atoms with van der Waals surface area (Å²) in [6.45, 7) is 7.09. The summed E-state index contributed by atoms with van der Waals surface area (Å²) in [6.07, 6.45) is 7.12. The van der Waals surface area contributed by atoms with Crippen molar-refractivity contribution in [3.8, 4) is 22.6 Å². The summed E-state index contributed by atoms with van der Waals surface area (Å²) in [5.74, 6) is 1.46. The van der Waals surface area contributed by atoms with E-state index in [4.69, 9.17) is 9.47 Å². The molecule has 0 radical (unpaired) electrons. The number of benzene rings is 2. The van der Waals surface area contributed by atoms with Crippen LogP contribution in [0.25, 0.3) is 11.1 Å². The quantitative estimate of drug-likeness (QED) is 0.143. The molecular formula is C25H33BrO3. The van der Waals surface area contributed by atoms with E-state index in [9.17, 15) is 4.79 Å². The summed E-state index contributed by atoms with van der Waals surface area (Å²) in [5.41, 5.74) is 2.18. The predicted octanol–water partition coefficient (Wildman–Crippen LogP) is 7.42. The smallest absolute Gasteiger partial charge is 0.325 e. The van der Waals surface area contributed by atoms with Crippen molar-refractivity contribution < 1.29 is 14.3 Å². The molecule has 0 amide bonds. The molecule has 0 fully saturated rings. The third kappa shape index (κ3) is 7.85. The average molecular weight is 461 g/mol. The molecule has 0 aromatic heterocycles. The van der Waals surface area contributed by atoms with E-state index in [1.807, 2.05) is 43.3 Å². The van der Waals surface area contributed by atoms with Crippen LogP contribution in [-0.4, -0.2) is 17.4 Å². The zero-order valence-corrected chi connectivity index (χ0v) is 19.4. The Morgan fingerprint density at radius 2 is 1.41 bits per heavy atom. The number of carbonyl (C=O) groups is 1. The van der Waals surface area contributed by atoms with E-state index in [0.717, 1.165) is 36.3 Å². The fourth-order valence-electron chi connectivity index (χ4n) is 2.97. The number of rotatable bonds is 12. The van der Waals surface area contributed by atoms with Crippen molar-refractivity contribution in [2.45, 2.75) is 64.1 Å². The van der Waals surface area contributed by atoms with Crippen molar-refractivity contribution in [1.82, 2.24) is 0 Å². The fraction of sp³-hybridized carbons (Fsp3) is 0.480. The molecule has 0 spiro atoms. The molecule has 0 heterocycles. The molecule has 0 aliphatic rings. The summed E-state index contributed by atoms with van der Waals surface area (Å²) in [5, 5.41) is 0. The maximum atomic E-state index is 12.2. The van der Waals surface area contributed by atoms with Gasteiger partial charge in [0.25, 0.3) is 0 Å². The van der Waals surface area contributed by atoms with Crippen LogP contribution in [-0.2, 0) is 4.79 Å². The lowest BCUT2D eigenvalue weighted by Gasteiger charge is -2.15. The van der Waals surface area contributed by atoms with Crippen LogP contribution in [0.5, 0.6) is 11.5 Å². The standard InChI is InChI=1S/C25H33BrO3/c1-4-6-7-8-9-18-28-22-14-10-20(11-15-22)21-12-16-23(17-13-21)29-25(27)24(26)19(3)5-2/h10-17,19,24H,4-9,18H2,1-3H3. The molecule has 158 valence electrons. The molecule has 0 bridgehead atoms. The van der Waals surface area contributed by atoms with Crippen LogP contribution in [0.4, 0.5) is 0 Å². The molecule has 29 heavy (non-hydrogen) atoms. The van der Waals surface area contributed by atoms with Crippen LogP contribution >= 0.6 is 15.9 Å². The van der Waals surface area contributed by atoms with Crippen molar-refractivity contribution in [1.29, 1.82) is 0 Å². The molecule has 0 aliphatic carbocycles. The van der Waals surface area contributed by atoms with Crippen LogP contribution in [0, 0.1) is 5.92 Å². The van der Waals surface area contributed by atoms with Crippen molar-refractivity contribution in [2.24, 2.45) is 5.92 Å². The lowest BCUT2D eigenvalue weighted by atomic mass is 10.1. The normalized spacial score (nSPS) is 13.0. The van der Waals surface area contributed by atoms with E-state index in [1.165, 1.54) is 25.7 Å². The first-order valence-corrected chi connectivity index (χ1v) is 11.7. The minimum atomic E-state index is -0.286. The molecular weight excluding hydrogens is 428 g/mol. The lowest BCUT2D eigenvalue weighted by molar-refractivity contribution is -0.134. The maximum absolute atomic E-state index is 12.2. The Labute approximate surface area is 183 Å². The number of hydrogen-bond acceptors (Lipinski definition) is 3. The molecule has 0 N–H and O–H groups in total. The number of hydrogen-bond donors (Lipinski definition) is 0. The van der Waals surface area contributed by atoms with Crippen molar-refractivity contribution in [3.63, 3.8) is 0 Å². The maximum Gasteiger partial charge on any atom is 0.325 e. The fourth-order valence-corrected chi connectivity index (χ4v) is 3.43. The molecule has 3 nitrogen and oxygen atoms in total. The molecule has 2 rings (SSSR count). The largest absolute Gasteiger partial charge is 0.494 e. The van der Waals surface area contributed by atoms with E-state index in [1.54, 1.807) is 0 Å². The van der Waals surface area contributed by atoms with Gasteiger partial charge in [-0.2, -0.15) is 0 Å². The van der Waals surface area contributed by atoms with E-state index < -0.39 is 0 Å². The summed E-state index contributed by atoms with van der Waals surface area (Å²) < 4.78 is 11.3. The van der Waals surface area contributed by atoms with Gasteiger partial charge in [-0.25, -0.2) is 0 Å². The van der Waals surface area contributed by atoms with Crippen LogP contribution < -0.4 is 9.47 Å². The van der Waals surface area contributed by atoms with Gasteiger partial charge < -0.3 is 9.47 Å². The van der Waals surface area contributed by atoms with E-state index in [2.05, 4.69) is 41.9 Å². The molecule has 0 aliphatic heterocycles. The number of carbonyl (C=O) groups excluding carboxylic acids is 1. The minimum Gasteiger partial charge on any atom is -0.494 e. The Balaban J connectivity index is 1.85. The second kappa shape index (κ2) is 12.7. The molecule has 0 saturated carbocycles. The summed E-state index contributed by atoms with van der Waals surface area (Å²) in [4.78, 5) is 11.9. The molecule has 4 heteroatoms. The Kier molecular flexibility index (Phi) is 10.3. The zero-order chi connectivity index (χ0) is 21.1. The summed E-state index contributed by atoms with van der Waals surface area (Å²) in [6, 6.07) is 15.8. The summed E-state index contributed by atoms with van der Waals surface area (Å²) in [7, 11) is 0. The van der Waals surface area contributed by atoms with Gasteiger partial charge in [-0.15, -0.1) is 0 Å². The Hall–Kier alpha value is -1.81. The van der Waals surface area contributed by atoms with Crippen molar-refractivity contribution >= 4 is 21.9 Å². The number of ether oxygens (including phenoxy) is 2. The van der Waals surface area contributed by atoms with Gasteiger partial charge in [0.2, 0.25) is 0 Å². The van der Waals surface area contributed by atoms with E-state index in [-0.39, 0.29) is 16.7 Å². The third-order valence-electron chi connectivity index (χ3n) is 5.15. The highest BCUT2D eigenvalue weighted by Crippen LogP contribution is 2.26. The van der Waals surface area contributed by atoms with E-state index in [0.29, 0.717) is 5.75 Å². The number of alkyl halides is 1. The van der Waals surface area contributed by atoms with Crippen LogP contribution in [0.15, 0.2) is 48.5 Å². The average Bonchev–Trinajstić information content (AvgIpc) is 2.76. The number of esters is 1. The first-order valence-electron chi connectivity index (χ1n) is 10.7. The predicted molar refractivity (Wildman–Crippen MR) is 124 cm³/mol. The third-order valence-corrected chi connectivity index (χ3v) is 6.42. The summed E-state index contributed by atoms with van der Waals surface area (Å²) >= 11 is 3.43. The number of halogens is 1. The van der Waals surface area contributed by atoms with E-state index >= 15 is 0 Å². The Bertz CT molecular complexity index is 725. The van der Waals surface area contributed by atoms with Crippen LogP contribution in [0.3, 0.4) is 0 Å². The topological polar surface area (TPSA) is 35.5 Å². The first-order chi connectivity index (χ1) is 14.0. The van der Waals surface area contributed by atoms with Crippen molar-refractivity contribution in [3.05, 3.63) is 48.5 Å². The first kappa shape index (κ1) is 23.5. The highest BCUT2D eigenvalue weighted by atomic mass is 79.9. The minimum absolute atomic E-state index is 0.235. The highest BCUT2D eigenvalue weighted by molar-refractivity contribution is 9.10. The molecule has 2 aromatic rings. The monoisotopic (exact) mass is 460 g/mol. The lowest BCUT2D eigenvalue weighted by Crippen LogP contribution is -2.26. The molecule has 2 atom stereocenters. The molecule has 2 unspecified atom stereocenters. The van der Waals surface area contributed by atoms with Gasteiger partial charge in [0.05, 0.1) is 6.61 Å². The highest BCUT2D eigenvalue weighted by Gasteiger charge is 2.22. The Morgan fingerprint density at radius 3 is 1.97 bits per heavy atom. The Morgan fingerprint density at radius 1 is 0.862 bits per heavy atom. The second-order valence-corrected chi connectivity index (χ2v) is 8.51. The second-order valence-electron chi connectivity index (χ2n) is 7.52. The van der Waals surface area contributed by atoms with Crippen LogP contribution in [0.1, 0.15) is 59.3 Å². The van der Waals surface area contributed by atoms with Gasteiger partial charge in [-0.05, 0) is 47.7 Å². The van der Waals surface area contributed by atoms with Gasteiger partial charge in [0.1, 0.15) is 16.3 Å². The van der Waals surface area contributed by atoms with Crippen molar-refractivity contribution in [2.75, 3.05) is 6.61 Å². The zero-order valence-electron chi connectivity index (χ0n) is 17.8. The SMILES string of the molecule is CCCCCCCOc1ccc(-c2ccc(OC(=O)C(Br)C(C)CC)cc2)cc1. The van der Waals surface area contributed by atoms with Gasteiger partial charge in [-0.1, -0.05) is 93.1 Å². The van der Waals surface area contributed by atoms with Gasteiger partial charge in [-0.3, -0.25) is 4.79 Å². The van der Waals surface area contributed by atoms with Gasteiger partial charge >= 0.3 is 5.97 Å². The van der Waals surface area contributed by atoms with Gasteiger partial charge in [0.15, 0.2) is 0 Å². The molecule has 0 saturated heterocycles. The number of unbranched alkanes of at least 4 members (excludes halogenated alkanes) is 4. The molecule has 2 aromatic carbocycles.